The summed E-state index contributed by atoms with van der Waals surface area (Å²) in [6.45, 7) is 3.77. The van der Waals surface area contributed by atoms with E-state index in [1.807, 2.05) is 0 Å². The lowest BCUT2D eigenvalue weighted by atomic mass is 9.82. The van der Waals surface area contributed by atoms with E-state index in [9.17, 15) is 0 Å². The minimum Gasteiger partial charge on any atom is -0.323 e. The molecule has 0 spiro atoms. The first-order chi connectivity index (χ1) is 7.73. The van der Waals surface area contributed by atoms with Crippen molar-refractivity contribution in [1.29, 1.82) is 0 Å². The quantitative estimate of drug-likeness (QED) is 0.786. The summed E-state index contributed by atoms with van der Waals surface area (Å²) in [4.78, 5) is 2.64. The number of rotatable bonds is 3. The maximum absolute atomic E-state index is 6.41. The van der Waals surface area contributed by atoms with Crippen molar-refractivity contribution in [3.63, 3.8) is 0 Å². The second kappa shape index (κ2) is 3.23. The van der Waals surface area contributed by atoms with Gasteiger partial charge < -0.3 is 5.73 Å². The molecular weight excluding hydrogens is 196 g/mol. The lowest BCUT2D eigenvalue weighted by Crippen LogP contribution is -2.69. The van der Waals surface area contributed by atoms with E-state index in [-0.39, 0.29) is 5.54 Å². The van der Waals surface area contributed by atoms with Crippen LogP contribution in [0.3, 0.4) is 0 Å². The molecule has 0 aromatic heterocycles. The van der Waals surface area contributed by atoms with E-state index in [2.05, 4.69) is 4.90 Å². The Bertz CT molecular complexity index is 291. The minimum atomic E-state index is 0.234. The SMILES string of the molecule is NC1(C2CC2)CN(CC2CC3CCC2C3)C1. The van der Waals surface area contributed by atoms with Crippen molar-refractivity contribution in [3.05, 3.63) is 0 Å². The molecule has 0 amide bonds. The summed E-state index contributed by atoms with van der Waals surface area (Å²) in [5, 5.41) is 0. The third-order valence-corrected chi connectivity index (χ3v) is 5.80. The zero-order chi connectivity index (χ0) is 10.8. The van der Waals surface area contributed by atoms with Gasteiger partial charge in [-0.3, -0.25) is 4.90 Å². The molecule has 1 aliphatic heterocycles. The van der Waals surface area contributed by atoms with Gasteiger partial charge in [-0.05, 0) is 55.8 Å². The highest BCUT2D eigenvalue weighted by Crippen LogP contribution is 2.50. The van der Waals surface area contributed by atoms with Crippen molar-refractivity contribution in [1.82, 2.24) is 4.90 Å². The Morgan fingerprint density at radius 1 is 1.06 bits per heavy atom. The summed E-state index contributed by atoms with van der Waals surface area (Å²) in [6, 6.07) is 0. The first-order valence-electron chi connectivity index (χ1n) is 7.24. The van der Waals surface area contributed by atoms with Crippen LogP contribution in [0.1, 0.15) is 38.5 Å². The predicted molar refractivity (Wildman–Crippen MR) is 65.0 cm³/mol. The fourth-order valence-corrected chi connectivity index (χ4v) is 4.76. The van der Waals surface area contributed by atoms with Crippen LogP contribution in [-0.2, 0) is 0 Å². The van der Waals surface area contributed by atoms with Crippen LogP contribution in [0.4, 0.5) is 0 Å². The van der Waals surface area contributed by atoms with Crippen LogP contribution < -0.4 is 5.73 Å². The summed E-state index contributed by atoms with van der Waals surface area (Å²) < 4.78 is 0. The third kappa shape index (κ3) is 1.46. The minimum absolute atomic E-state index is 0.234. The zero-order valence-electron chi connectivity index (χ0n) is 10.2. The van der Waals surface area contributed by atoms with Crippen molar-refractivity contribution in [2.75, 3.05) is 19.6 Å². The van der Waals surface area contributed by atoms with Crippen molar-refractivity contribution >= 4 is 0 Å². The van der Waals surface area contributed by atoms with Gasteiger partial charge in [-0.2, -0.15) is 0 Å². The van der Waals surface area contributed by atoms with Crippen molar-refractivity contribution < 1.29 is 0 Å². The van der Waals surface area contributed by atoms with Gasteiger partial charge in [0.15, 0.2) is 0 Å². The monoisotopic (exact) mass is 220 g/mol. The van der Waals surface area contributed by atoms with Gasteiger partial charge in [0.1, 0.15) is 0 Å². The van der Waals surface area contributed by atoms with Gasteiger partial charge in [0.2, 0.25) is 0 Å². The van der Waals surface area contributed by atoms with Gasteiger partial charge in [0, 0.05) is 25.2 Å². The van der Waals surface area contributed by atoms with E-state index in [1.54, 1.807) is 6.42 Å². The Labute approximate surface area is 98.6 Å². The van der Waals surface area contributed by atoms with E-state index in [0.29, 0.717) is 0 Å². The molecule has 3 unspecified atom stereocenters. The van der Waals surface area contributed by atoms with E-state index < -0.39 is 0 Å². The molecule has 1 saturated heterocycles. The summed E-state index contributed by atoms with van der Waals surface area (Å²) >= 11 is 0. The van der Waals surface area contributed by atoms with Crippen LogP contribution in [0, 0.1) is 23.7 Å². The fourth-order valence-electron chi connectivity index (χ4n) is 4.76. The Morgan fingerprint density at radius 2 is 1.88 bits per heavy atom. The van der Waals surface area contributed by atoms with Crippen LogP contribution in [0.15, 0.2) is 0 Å². The van der Waals surface area contributed by atoms with Gasteiger partial charge in [-0.15, -0.1) is 0 Å². The molecule has 2 N–H and O–H groups in total. The van der Waals surface area contributed by atoms with Gasteiger partial charge in [0.05, 0.1) is 0 Å². The molecule has 3 saturated carbocycles. The number of hydrogen-bond donors (Lipinski definition) is 1. The molecule has 2 heteroatoms. The van der Waals surface area contributed by atoms with Crippen molar-refractivity contribution in [2.45, 2.75) is 44.1 Å². The number of fused-ring (bicyclic) bond motifs is 2. The number of hydrogen-bond acceptors (Lipinski definition) is 2. The van der Waals surface area contributed by atoms with E-state index in [4.69, 9.17) is 5.73 Å². The van der Waals surface area contributed by atoms with Gasteiger partial charge in [-0.1, -0.05) is 6.42 Å². The van der Waals surface area contributed by atoms with Crippen LogP contribution >= 0.6 is 0 Å². The highest BCUT2D eigenvalue weighted by atomic mass is 15.3. The largest absolute Gasteiger partial charge is 0.323 e. The summed E-state index contributed by atoms with van der Waals surface area (Å²) in [6.07, 6.45) is 8.94. The van der Waals surface area contributed by atoms with Gasteiger partial charge in [-0.25, -0.2) is 0 Å². The average Bonchev–Trinajstić information content (AvgIpc) is 2.88. The van der Waals surface area contributed by atoms with Crippen LogP contribution in [-0.4, -0.2) is 30.1 Å². The first kappa shape index (κ1) is 9.90. The molecule has 90 valence electrons. The molecule has 2 bridgehead atoms. The Balaban J connectivity index is 1.30. The lowest BCUT2D eigenvalue weighted by Gasteiger charge is -2.50. The second-order valence-corrected chi connectivity index (χ2v) is 7.11. The lowest BCUT2D eigenvalue weighted by molar-refractivity contribution is 0.0323. The molecule has 0 aromatic rings. The van der Waals surface area contributed by atoms with E-state index in [0.717, 1.165) is 23.7 Å². The zero-order valence-corrected chi connectivity index (χ0v) is 10.2. The summed E-state index contributed by atoms with van der Waals surface area (Å²) in [5.41, 5.74) is 6.64. The third-order valence-electron chi connectivity index (χ3n) is 5.80. The van der Waals surface area contributed by atoms with E-state index >= 15 is 0 Å². The normalized spacial score (nSPS) is 45.9. The molecule has 1 heterocycles. The molecule has 0 radical (unpaired) electrons. The molecule has 0 aromatic carbocycles. The Hall–Kier alpha value is -0.0800. The smallest absolute Gasteiger partial charge is 0.0440 e. The topological polar surface area (TPSA) is 29.3 Å². The van der Waals surface area contributed by atoms with Gasteiger partial charge >= 0.3 is 0 Å². The molecular formula is C14H24N2. The second-order valence-electron chi connectivity index (χ2n) is 7.11. The maximum Gasteiger partial charge on any atom is 0.0440 e. The Morgan fingerprint density at radius 3 is 2.44 bits per heavy atom. The number of likely N-dealkylation sites (tertiary alicyclic amines) is 1. The maximum atomic E-state index is 6.41. The van der Waals surface area contributed by atoms with Crippen molar-refractivity contribution in [3.8, 4) is 0 Å². The molecule has 4 aliphatic rings. The van der Waals surface area contributed by atoms with Crippen LogP contribution in [0.2, 0.25) is 0 Å². The molecule has 4 rings (SSSR count). The molecule has 3 atom stereocenters. The molecule has 4 fully saturated rings. The summed E-state index contributed by atoms with van der Waals surface area (Å²) in [5.74, 6) is 4.09. The molecule has 2 nitrogen and oxygen atoms in total. The first-order valence-corrected chi connectivity index (χ1v) is 7.24. The highest BCUT2D eigenvalue weighted by molar-refractivity contribution is 5.09. The molecule has 3 aliphatic carbocycles. The molecule has 16 heavy (non-hydrogen) atoms. The van der Waals surface area contributed by atoms with Gasteiger partial charge in [0.25, 0.3) is 0 Å². The fraction of sp³-hybridized carbons (Fsp3) is 1.00. The van der Waals surface area contributed by atoms with E-state index in [1.165, 1.54) is 51.7 Å². The average molecular weight is 220 g/mol. The number of nitrogens with two attached hydrogens (primary N) is 1. The van der Waals surface area contributed by atoms with Crippen molar-refractivity contribution in [2.24, 2.45) is 29.4 Å². The van der Waals surface area contributed by atoms with Crippen LogP contribution in [0.25, 0.3) is 0 Å². The predicted octanol–water partition coefficient (Wildman–Crippen LogP) is 1.85. The highest BCUT2D eigenvalue weighted by Gasteiger charge is 2.51. The summed E-state index contributed by atoms with van der Waals surface area (Å²) in [7, 11) is 0. The Kier molecular flexibility index (Phi) is 2.00. The number of nitrogens with zero attached hydrogens (tertiary/aromatic N) is 1. The van der Waals surface area contributed by atoms with Crippen LogP contribution in [0.5, 0.6) is 0 Å². The standard InChI is InChI=1S/C14H24N2/c15-14(13-3-4-13)8-16(9-14)7-12-6-10-1-2-11(12)5-10/h10-13H,1-9,15H2.